The molecule has 0 aliphatic heterocycles. The van der Waals surface area contributed by atoms with Gasteiger partial charge in [0.05, 0.1) is 15.1 Å². The highest BCUT2D eigenvalue weighted by molar-refractivity contribution is 6.55. The van der Waals surface area contributed by atoms with Gasteiger partial charge in [-0.1, -0.05) is 58.0 Å². The summed E-state index contributed by atoms with van der Waals surface area (Å²) in [5.74, 6) is -0.636. The first-order valence-electron chi connectivity index (χ1n) is 8.71. The number of aryl methyl sites for hydroxylation is 1. The second-order valence-corrected chi connectivity index (χ2v) is 8.41. The van der Waals surface area contributed by atoms with Crippen LogP contribution in [0.5, 0.6) is 11.5 Å². The lowest BCUT2D eigenvalue weighted by molar-refractivity contribution is -0.136. The second-order valence-electron chi connectivity index (χ2n) is 6.52. The summed E-state index contributed by atoms with van der Waals surface area (Å²) >= 11 is 30.0. The van der Waals surface area contributed by atoms with Gasteiger partial charge in [-0.2, -0.15) is 0 Å². The topological polar surface area (TPSA) is 65.7 Å². The molecule has 0 atom stereocenters. The molecule has 0 amide bonds. The van der Waals surface area contributed by atoms with Crippen LogP contribution < -0.4 is 15.1 Å². The van der Waals surface area contributed by atoms with Gasteiger partial charge in [-0.15, -0.1) is 0 Å². The normalized spacial score (nSPS) is 12.8. The van der Waals surface area contributed by atoms with E-state index in [2.05, 4.69) is 0 Å². The van der Waals surface area contributed by atoms with Crippen molar-refractivity contribution in [1.29, 1.82) is 0 Å². The lowest BCUT2D eigenvalue weighted by Gasteiger charge is -2.13. The maximum absolute atomic E-state index is 12.2. The summed E-state index contributed by atoms with van der Waals surface area (Å²) in [4.78, 5) is 24.3. The highest BCUT2D eigenvalue weighted by atomic mass is 35.5. The number of hydrogen-bond donors (Lipinski definition) is 0. The molecule has 30 heavy (non-hydrogen) atoms. The quantitative estimate of drug-likeness (QED) is 0.132. The highest BCUT2D eigenvalue weighted by Crippen LogP contribution is 2.48. The molecule has 2 aromatic carbocycles. The Balaban J connectivity index is 1.52. The van der Waals surface area contributed by atoms with Gasteiger partial charge >= 0.3 is 11.6 Å². The van der Waals surface area contributed by atoms with Gasteiger partial charge in [0.25, 0.3) is 0 Å². The Bertz CT molecular complexity index is 1220. The van der Waals surface area contributed by atoms with Crippen molar-refractivity contribution >= 4 is 74.9 Å². The molecule has 0 bridgehead atoms. The van der Waals surface area contributed by atoms with Gasteiger partial charge in [-0.3, -0.25) is 0 Å². The van der Waals surface area contributed by atoms with E-state index in [-0.39, 0.29) is 42.2 Å². The lowest BCUT2D eigenvalue weighted by Crippen LogP contribution is -2.18. The standard InChI is InChI=1S/C20H11Cl5O5/c21-14-15(22)17(24)19(18(25)16(14)23)28-7-13(26)29-8-4-5-10-9-2-1-3-11(9)20(27)30-12(10)6-8/h4-6H,1-3,7H2. The van der Waals surface area contributed by atoms with E-state index in [0.717, 1.165) is 29.4 Å². The number of hydrogen-bond acceptors (Lipinski definition) is 5. The molecule has 1 aromatic heterocycles. The number of fused-ring (bicyclic) bond motifs is 3. The van der Waals surface area contributed by atoms with E-state index in [1.54, 1.807) is 12.1 Å². The van der Waals surface area contributed by atoms with Crippen LogP contribution in [0.1, 0.15) is 17.5 Å². The van der Waals surface area contributed by atoms with Crippen molar-refractivity contribution in [2.75, 3.05) is 6.61 Å². The first-order chi connectivity index (χ1) is 14.3. The van der Waals surface area contributed by atoms with Crippen molar-refractivity contribution < 1.29 is 18.7 Å². The van der Waals surface area contributed by atoms with Crippen LogP contribution in [-0.4, -0.2) is 12.6 Å². The van der Waals surface area contributed by atoms with Crippen LogP contribution in [0.25, 0.3) is 11.0 Å². The molecule has 1 heterocycles. The van der Waals surface area contributed by atoms with Crippen LogP contribution >= 0.6 is 58.0 Å². The van der Waals surface area contributed by atoms with Gasteiger partial charge in [0.1, 0.15) is 21.4 Å². The van der Waals surface area contributed by atoms with Crippen LogP contribution in [0.2, 0.25) is 25.1 Å². The van der Waals surface area contributed by atoms with Gasteiger partial charge in [0.15, 0.2) is 12.4 Å². The minimum atomic E-state index is -0.743. The van der Waals surface area contributed by atoms with Crippen molar-refractivity contribution in [3.8, 4) is 11.5 Å². The predicted molar refractivity (Wildman–Crippen MR) is 117 cm³/mol. The molecule has 0 spiro atoms. The van der Waals surface area contributed by atoms with E-state index >= 15 is 0 Å². The number of rotatable bonds is 4. The van der Waals surface area contributed by atoms with Crippen molar-refractivity contribution in [2.45, 2.75) is 19.3 Å². The third-order valence-corrected chi connectivity index (χ3v) is 6.92. The van der Waals surface area contributed by atoms with Gasteiger partial charge in [0.2, 0.25) is 0 Å². The zero-order valence-electron chi connectivity index (χ0n) is 15.0. The number of ether oxygens (including phenoxy) is 2. The average molecular weight is 509 g/mol. The minimum absolute atomic E-state index is 0.0209. The first kappa shape index (κ1) is 21.6. The number of halogens is 5. The molecule has 0 radical (unpaired) electrons. The Morgan fingerprint density at radius 1 is 0.933 bits per heavy atom. The van der Waals surface area contributed by atoms with Gasteiger partial charge in [0, 0.05) is 17.0 Å². The van der Waals surface area contributed by atoms with E-state index in [4.69, 9.17) is 71.9 Å². The molecule has 1 aliphatic rings. The summed E-state index contributed by atoms with van der Waals surface area (Å²) in [6.45, 7) is -0.528. The Labute approximate surface area is 195 Å². The minimum Gasteiger partial charge on any atom is -0.479 e. The molecular formula is C20H11Cl5O5. The number of carbonyl (C=O) groups is 1. The molecule has 0 saturated carbocycles. The fraction of sp³-hybridized carbons (Fsp3) is 0.200. The van der Waals surface area contributed by atoms with Crippen molar-refractivity contribution in [2.24, 2.45) is 0 Å². The predicted octanol–water partition coefficient (Wildman–Crippen LogP) is 6.53. The van der Waals surface area contributed by atoms with Crippen LogP contribution in [0.15, 0.2) is 27.4 Å². The molecule has 0 unspecified atom stereocenters. The third kappa shape index (κ3) is 3.85. The molecule has 0 fully saturated rings. The zero-order chi connectivity index (χ0) is 21.6. The van der Waals surface area contributed by atoms with Crippen molar-refractivity contribution in [1.82, 2.24) is 0 Å². The Morgan fingerprint density at radius 2 is 1.57 bits per heavy atom. The number of esters is 1. The molecule has 3 aromatic rings. The molecule has 10 heteroatoms. The summed E-state index contributed by atoms with van der Waals surface area (Å²) in [6, 6.07) is 4.87. The van der Waals surface area contributed by atoms with Gasteiger partial charge < -0.3 is 13.9 Å². The van der Waals surface area contributed by atoms with Gasteiger partial charge in [-0.25, -0.2) is 9.59 Å². The van der Waals surface area contributed by atoms with E-state index in [9.17, 15) is 9.59 Å². The summed E-state index contributed by atoms with van der Waals surface area (Å²) < 4.78 is 16.0. The fourth-order valence-corrected chi connectivity index (χ4v) is 4.56. The lowest BCUT2D eigenvalue weighted by atomic mass is 10.1. The summed E-state index contributed by atoms with van der Waals surface area (Å²) in [7, 11) is 0. The van der Waals surface area contributed by atoms with Crippen molar-refractivity contribution in [3.05, 3.63) is 64.9 Å². The summed E-state index contributed by atoms with van der Waals surface area (Å²) in [5, 5.41) is 0.561. The third-order valence-electron chi connectivity index (χ3n) is 4.68. The molecular weight excluding hydrogens is 497 g/mol. The zero-order valence-corrected chi connectivity index (χ0v) is 18.8. The molecule has 4 rings (SSSR count). The highest BCUT2D eigenvalue weighted by Gasteiger charge is 2.22. The second kappa shape index (κ2) is 8.48. The fourth-order valence-electron chi connectivity index (χ4n) is 3.33. The smallest absolute Gasteiger partial charge is 0.349 e. The van der Waals surface area contributed by atoms with Crippen molar-refractivity contribution in [3.63, 3.8) is 0 Å². The van der Waals surface area contributed by atoms with E-state index in [0.29, 0.717) is 12.0 Å². The Kier molecular flexibility index (Phi) is 6.11. The van der Waals surface area contributed by atoms with Crippen LogP contribution in [0, 0.1) is 0 Å². The molecule has 0 saturated heterocycles. The maximum atomic E-state index is 12.2. The SMILES string of the molecule is O=C(COc1c(Cl)c(Cl)c(Cl)c(Cl)c1Cl)Oc1ccc2c3c(c(=O)oc2c1)CCC3. The van der Waals surface area contributed by atoms with Crippen LogP contribution in [0.3, 0.4) is 0 Å². The van der Waals surface area contributed by atoms with Gasteiger partial charge in [-0.05, 0) is 37.0 Å². The number of benzene rings is 2. The monoisotopic (exact) mass is 506 g/mol. The number of carbonyl (C=O) groups excluding carboxylic acids is 1. The maximum Gasteiger partial charge on any atom is 0.349 e. The van der Waals surface area contributed by atoms with E-state index < -0.39 is 12.6 Å². The van der Waals surface area contributed by atoms with E-state index in [1.165, 1.54) is 6.07 Å². The molecule has 1 aliphatic carbocycles. The molecule has 0 N–H and O–H groups in total. The van der Waals surface area contributed by atoms with E-state index in [1.807, 2.05) is 0 Å². The van der Waals surface area contributed by atoms with Crippen LogP contribution in [-0.2, 0) is 17.6 Å². The Morgan fingerprint density at radius 3 is 2.27 bits per heavy atom. The summed E-state index contributed by atoms with van der Waals surface area (Å²) in [5.41, 5.74) is 1.70. The van der Waals surface area contributed by atoms with Crippen LogP contribution in [0.4, 0.5) is 0 Å². The summed E-state index contributed by atoms with van der Waals surface area (Å²) in [6.07, 6.45) is 2.45. The largest absolute Gasteiger partial charge is 0.479 e. The molecule has 156 valence electrons. The average Bonchev–Trinajstić information content (AvgIpc) is 3.21. The first-order valence-corrected chi connectivity index (χ1v) is 10.6. The molecule has 5 nitrogen and oxygen atoms in total. The Hall–Kier alpha value is -1.63.